The molecule has 1 N–H and O–H groups in total. The summed E-state index contributed by atoms with van der Waals surface area (Å²) >= 11 is 0. The Balaban J connectivity index is 2.16. The maximum atomic E-state index is 5.79. The SMILES string of the molecule is CNc1ccccc1OC1=CCCC=C1. The molecule has 2 heteroatoms. The van der Waals surface area contributed by atoms with Gasteiger partial charge in [0.2, 0.25) is 0 Å². The van der Waals surface area contributed by atoms with Gasteiger partial charge in [-0.1, -0.05) is 18.2 Å². The minimum atomic E-state index is 0.873. The monoisotopic (exact) mass is 201 g/mol. The fourth-order valence-electron chi connectivity index (χ4n) is 1.55. The number of para-hydroxylation sites is 2. The van der Waals surface area contributed by atoms with Crippen LogP contribution in [0.1, 0.15) is 12.8 Å². The first kappa shape index (κ1) is 9.84. The van der Waals surface area contributed by atoms with Gasteiger partial charge in [0.15, 0.2) is 0 Å². The summed E-state index contributed by atoms with van der Waals surface area (Å²) < 4.78 is 5.79. The maximum absolute atomic E-state index is 5.79. The maximum Gasteiger partial charge on any atom is 0.150 e. The lowest BCUT2D eigenvalue weighted by molar-refractivity contribution is 0.441. The van der Waals surface area contributed by atoms with Crippen LogP contribution in [0.4, 0.5) is 5.69 Å². The molecular weight excluding hydrogens is 186 g/mol. The van der Waals surface area contributed by atoms with Gasteiger partial charge in [-0.25, -0.2) is 0 Å². The van der Waals surface area contributed by atoms with E-state index in [1.807, 2.05) is 37.4 Å². The molecule has 0 aliphatic heterocycles. The molecule has 78 valence electrons. The van der Waals surface area contributed by atoms with Crippen molar-refractivity contribution in [2.24, 2.45) is 0 Å². The molecule has 1 aromatic carbocycles. The van der Waals surface area contributed by atoms with Crippen LogP contribution in [-0.4, -0.2) is 7.05 Å². The highest BCUT2D eigenvalue weighted by Gasteiger charge is 2.04. The Bertz CT molecular complexity index is 393. The minimum absolute atomic E-state index is 0.873. The smallest absolute Gasteiger partial charge is 0.150 e. The van der Waals surface area contributed by atoms with Crippen molar-refractivity contribution in [1.29, 1.82) is 0 Å². The molecule has 0 bridgehead atoms. The number of benzene rings is 1. The van der Waals surface area contributed by atoms with Gasteiger partial charge < -0.3 is 10.1 Å². The fourth-order valence-corrected chi connectivity index (χ4v) is 1.55. The zero-order chi connectivity index (χ0) is 10.5. The molecule has 1 aliphatic carbocycles. The zero-order valence-electron chi connectivity index (χ0n) is 8.86. The van der Waals surface area contributed by atoms with E-state index in [0.29, 0.717) is 0 Å². The van der Waals surface area contributed by atoms with Gasteiger partial charge in [-0.05, 0) is 37.1 Å². The van der Waals surface area contributed by atoms with Crippen molar-refractivity contribution in [3.63, 3.8) is 0 Å². The lowest BCUT2D eigenvalue weighted by Gasteiger charge is -2.12. The number of hydrogen-bond acceptors (Lipinski definition) is 2. The highest BCUT2D eigenvalue weighted by Crippen LogP contribution is 2.26. The molecule has 1 aliphatic rings. The van der Waals surface area contributed by atoms with Crippen molar-refractivity contribution >= 4 is 5.69 Å². The van der Waals surface area contributed by atoms with Crippen LogP contribution in [0.3, 0.4) is 0 Å². The molecule has 0 radical (unpaired) electrons. The van der Waals surface area contributed by atoms with Gasteiger partial charge >= 0.3 is 0 Å². The average Bonchev–Trinajstić information content (AvgIpc) is 2.31. The number of allylic oxidation sites excluding steroid dienone is 3. The first-order valence-electron chi connectivity index (χ1n) is 5.21. The quantitative estimate of drug-likeness (QED) is 0.809. The van der Waals surface area contributed by atoms with Crippen molar-refractivity contribution in [3.8, 4) is 5.75 Å². The normalized spacial score (nSPS) is 14.6. The van der Waals surface area contributed by atoms with E-state index in [1.165, 1.54) is 0 Å². The van der Waals surface area contributed by atoms with Crippen LogP contribution < -0.4 is 10.1 Å². The van der Waals surface area contributed by atoms with E-state index in [2.05, 4.69) is 17.5 Å². The molecule has 0 atom stereocenters. The second kappa shape index (κ2) is 4.69. The predicted molar refractivity (Wildman–Crippen MR) is 63.1 cm³/mol. The molecule has 0 saturated carbocycles. The number of anilines is 1. The van der Waals surface area contributed by atoms with Crippen LogP contribution in [0, 0.1) is 0 Å². The first-order valence-corrected chi connectivity index (χ1v) is 5.21. The average molecular weight is 201 g/mol. The number of rotatable bonds is 3. The van der Waals surface area contributed by atoms with E-state index in [9.17, 15) is 0 Å². The van der Waals surface area contributed by atoms with Gasteiger partial charge in [-0.2, -0.15) is 0 Å². The van der Waals surface area contributed by atoms with Crippen molar-refractivity contribution in [2.45, 2.75) is 12.8 Å². The van der Waals surface area contributed by atoms with Gasteiger partial charge in [0, 0.05) is 7.05 Å². The third kappa shape index (κ3) is 2.40. The standard InChI is InChI=1S/C13H15NO/c1-14-12-9-5-6-10-13(12)15-11-7-3-2-4-8-11/h3,5-10,14H,2,4H2,1H3. The largest absolute Gasteiger partial charge is 0.456 e. The van der Waals surface area contributed by atoms with Crippen molar-refractivity contribution in [1.82, 2.24) is 0 Å². The Morgan fingerprint density at radius 2 is 2.07 bits per heavy atom. The van der Waals surface area contributed by atoms with Crippen LogP contribution in [-0.2, 0) is 0 Å². The summed E-state index contributed by atoms with van der Waals surface area (Å²) in [5.74, 6) is 1.81. The molecule has 2 nitrogen and oxygen atoms in total. The van der Waals surface area contributed by atoms with Gasteiger partial charge in [-0.15, -0.1) is 0 Å². The van der Waals surface area contributed by atoms with Crippen LogP contribution in [0.2, 0.25) is 0 Å². The van der Waals surface area contributed by atoms with Crippen LogP contribution in [0.15, 0.2) is 48.3 Å². The molecule has 15 heavy (non-hydrogen) atoms. The van der Waals surface area contributed by atoms with Gasteiger partial charge in [0.05, 0.1) is 5.69 Å². The lowest BCUT2D eigenvalue weighted by Crippen LogP contribution is -1.98. The molecule has 0 fully saturated rings. The van der Waals surface area contributed by atoms with E-state index in [4.69, 9.17) is 4.74 Å². The Morgan fingerprint density at radius 3 is 2.80 bits per heavy atom. The molecule has 1 aromatic rings. The lowest BCUT2D eigenvalue weighted by atomic mass is 10.2. The molecule has 0 saturated heterocycles. The van der Waals surface area contributed by atoms with Gasteiger partial charge in [-0.3, -0.25) is 0 Å². The molecule has 0 aromatic heterocycles. The molecule has 0 amide bonds. The Kier molecular flexibility index (Phi) is 3.08. The summed E-state index contributed by atoms with van der Waals surface area (Å²) in [7, 11) is 1.90. The second-order valence-electron chi connectivity index (χ2n) is 3.43. The fraction of sp³-hybridized carbons (Fsp3) is 0.231. The van der Waals surface area contributed by atoms with Crippen molar-refractivity contribution < 1.29 is 4.74 Å². The number of nitrogens with one attached hydrogen (secondary N) is 1. The molecule has 0 heterocycles. The third-order valence-corrected chi connectivity index (χ3v) is 2.35. The van der Waals surface area contributed by atoms with Crippen LogP contribution in [0.5, 0.6) is 5.75 Å². The summed E-state index contributed by atoms with van der Waals surface area (Å²) in [5.41, 5.74) is 1.01. The third-order valence-electron chi connectivity index (χ3n) is 2.35. The number of hydrogen-bond donors (Lipinski definition) is 1. The minimum Gasteiger partial charge on any atom is -0.456 e. The van der Waals surface area contributed by atoms with Crippen molar-refractivity contribution in [2.75, 3.05) is 12.4 Å². The van der Waals surface area contributed by atoms with E-state index < -0.39 is 0 Å². The summed E-state index contributed by atoms with van der Waals surface area (Å²) in [6.07, 6.45) is 8.45. The number of ether oxygens (including phenoxy) is 1. The molecule has 0 unspecified atom stereocenters. The van der Waals surface area contributed by atoms with E-state index >= 15 is 0 Å². The van der Waals surface area contributed by atoms with E-state index in [1.54, 1.807) is 0 Å². The Morgan fingerprint density at radius 1 is 1.20 bits per heavy atom. The summed E-state index contributed by atoms with van der Waals surface area (Å²) in [6, 6.07) is 7.94. The molecular formula is C13H15NO. The van der Waals surface area contributed by atoms with Crippen LogP contribution in [0.25, 0.3) is 0 Å². The topological polar surface area (TPSA) is 21.3 Å². The highest BCUT2D eigenvalue weighted by atomic mass is 16.5. The summed E-state index contributed by atoms with van der Waals surface area (Å²) in [6.45, 7) is 0. The highest BCUT2D eigenvalue weighted by molar-refractivity contribution is 5.56. The Hall–Kier alpha value is -1.70. The van der Waals surface area contributed by atoms with Gasteiger partial charge in [0.25, 0.3) is 0 Å². The van der Waals surface area contributed by atoms with Crippen molar-refractivity contribution in [3.05, 3.63) is 48.3 Å². The first-order chi connectivity index (χ1) is 7.40. The zero-order valence-corrected chi connectivity index (χ0v) is 8.86. The van der Waals surface area contributed by atoms with Crippen LogP contribution >= 0.6 is 0 Å². The summed E-state index contributed by atoms with van der Waals surface area (Å²) in [4.78, 5) is 0. The van der Waals surface area contributed by atoms with E-state index in [-0.39, 0.29) is 0 Å². The molecule has 2 rings (SSSR count). The molecule has 0 spiro atoms. The Labute approximate surface area is 90.3 Å². The van der Waals surface area contributed by atoms with Gasteiger partial charge in [0.1, 0.15) is 11.5 Å². The second-order valence-corrected chi connectivity index (χ2v) is 3.43. The summed E-state index contributed by atoms with van der Waals surface area (Å²) in [5, 5.41) is 3.11. The van der Waals surface area contributed by atoms with E-state index in [0.717, 1.165) is 30.0 Å². The predicted octanol–water partition coefficient (Wildman–Crippen LogP) is 3.34.